The van der Waals surface area contributed by atoms with Crippen molar-refractivity contribution in [2.45, 2.75) is 19.8 Å². The largest absolute Gasteiger partial charge is 0.311 e. The molecule has 0 amide bonds. The lowest BCUT2D eigenvalue weighted by Crippen LogP contribution is -2.09. The second kappa shape index (κ2) is 12.0. The molecule has 6 aromatic rings. The van der Waals surface area contributed by atoms with E-state index in [0.29, 0.717) is 5.92 Å². The smallest absolute Gasteiger partial charge is 0.0462 e. The van der Waals surface area contributed by atoms with Crippen LogP contribution in [0.1, 0.15) is 42.0 Å². The number of hydrogen-bond acceptors (Lipinski definition) is 1. The van der Waals surface area contributed by atoms with E-state index in [4.69, 9.17) is 0 Å². The zero-order valence-corrected chi connectivity index (χ0v) is 24.9. The highest BCUT2D eigenvalue weighted by Gasteiger charge is 2.13. The van der Waals surface area contributed by atoms with Gasteiger partial charge in [0, 0.05) is 21.5 Å². The van der Waals surface area contributed by atoms with Crippen LogP contribution in [-0.2, 0) is 0 Å². The summed E-state index contributed by atoms with van der Waals surface area (Å²) in [5, 5.41) is 2.46. The summed E-state index contributed by atoms with van der Waals surface area (Å²) in [5.74, 6) is 0.498. The van der Waals surface area contributed by atoms with E-state index in [-0.39, 0.29) is 0 Å². The molecule has 2 heteroatoms. The third-order valence-electron chi connectivity index (χ3n) is 7.49. The Hall–Kier alpha value is -4.40. The molecule has 41 heavy (non-hydrogen) atoms. The van der Waals surface area contributed by atoms with Crippen LogP contribution in [0.25, 0.3) is 22.4 Å². The second-order valence-electron chi connectivity index (χ2n) is 10.6. The lowest BCUT2D eigenvalue weighted by molar-refractivity contribution is 0.866. The highest BCUT2D eigenvalue weighted by molar-refractivity contribution is 9.10. The Morgan fingerprint density at radius 2 is 1.07 bits per heavy atom. The molecule has 0 N–H and O–H groups in total. The van der Waals surface area contributed by atoms with Gasteiger partial charge < -0.3 is 4.90 Å². The average Bonchev–Trinajstić information content (AvgIpc) is 3.01. The number of nitrogens with zero attached hydrogens (tertiary/aromatic N) is 1. The summed E-state index contributed by atoms with van der Waals surface area (Å²) in [6, 6.07) is 52.2. The van der Waals surface area contributed by atoms with Crippen LogP contribution in [0.4, 0.5) is 17.1 Å². The van der Waals surface area contributed by atoms with Crippen LogP contribution in [0.5, 0.6) is 0 Å². The van der Waals surface area contributed by atoms with Crippen molar-refractivity contribution in [3.63, 3.8) is 0 Å². The van der Waals surface area contributed by atoms with Crippen LogP contribution in [0.3, 0.4) is 0 Å². The summed E-state index contributed by atoms with van der Waals surface area (Å²) < 4.78 is 1.10. The first-order valence-electron chi connectivity index (χ1n) is 14.1. The maximum Gasteiger partial charge on any atom is 0.0462 e. The normalized spacial score (nSPS) is 11.7. The van der Waals surface area contributed by atoms with Crippen molar-refractivity contribution >= 4 is 55.4 Å². The molecule has 0 unspecified atom stereocenters. The number of fused-ring (bicyclic) bond motifs is 1. The van der Waals surface area contributed by atoms with Gasteiger partial charge in [-0.1, -0.05) is 121 Å². The van der Waals surface area contributed by atoms with Crippen molar-refractivity contribution in [2.75, 3.05) is 4.90 Å². The monoisotopic (exact) mass is 593 g/mol. The first-order valence-corrected chi connectivity index (χ1v) is 14.9. The van der Waals surface area contributed by atoms with E-state index in [1.165, 1.54) is 38.6 Å². The molecule has 0 radical (unpaired) electrons. The highest BCUT2D eigenvalue weighted by atomic mass is 79.9. The van der Waals surface area contributed by atoms with E-state index in [2.05, 4.69) is 186 Å². The molecule has 0 saturated heterocycles. The van der Waals surface area contributed by atoms with Crippen LogP contribution in [0.2, 0.25) is 0 Å². The lowest BCUT2D eigenvalue weighted by Gasteiger charge is -2.25. The molecule has 0 spiro atoms. The molecular formula is C39H32BrN. The Bertz CT molecular complexity index is 1750. The number of halogens is 1. The summed E-state index contributed by atoms with van der Waals surface area (Å²) in [7, 11) is 0. The van der Waals surface area contributed by atoms with Crippen molar-refractivity contribution in [3.8, 4) is 0 Å². The van der Waals surface area contributed by atoms with Crippen molar-refractivity contribution in [2.24, 2.45) is 0 Å². The zero-order valence-electron chi connectivity index (χ0n) is 23.3. The minimum atomic E-state index is 0.498. The molecule has 0 aliphatic heterocycles. The lowest BCUT2D eigenvalue weighted by atomic mass is 9.92. The Morgan fingerprint density at radius 3 is 1.66 bits per heavy atom. The Balaban J connectivity index is 1.44. The maximum absolute atomic E-state index is 3.60. The van der Waals surface area contributed by atoms with E-state index in [0.717, 1.165) is 21.5 Å². The molecule has 200 valence electrons. The van der Waals surface area contributed by atoms with E-state index in [1.54, 1.807) is 0 Å². The van der Waals surface area contributed by atoms with Gasteiger partial charge in [-0.2, -0.15) is 0 Å². The Kier molecular flexibility index (Phi) is 7.84. The maximum atomic E-state index is 3.60. The molecule has 0 aliphatic rings. The van der Waals surface area contributed by atoms with Gasteiger partial charge in [0.25, 0.3) is 0 Å². The molecule has 0 atom stereocenters. The number of anilines is 3. The average molecular weight is 595 g/mol. The van der Waals surface area contributed by atoms with Gasteiger partial charge in [-0.15, -0.1) is 0 Å². The molecule has 0 aromatic heterocycles. The molecule has 0 heterocycles. The number of hydrogen-bond donors (Lipinski definition) is 0. The van der Waals surface area contributed by atoms with E-state index in [9.17, 15) is 0 Å². The quantitative estimate of drug-likeness (QED) is 0.166. The second-order valence-corrected chi connectivity index (χ2v) is 11.6. The summed E-state index contributed by atoms with van der Waals surface area (Å²) >= 11 is 3.60. The molecule has 1 nitrogen and oxygen atoms in total. The van der Waals surface area contributed by atoms with Crippen molar-refractivity contribution in [1.29, 1.82) is 0 Å². The predicted octanol–water partition coefficient (Wildman–Crippen LogP) is 11.8. The predicted molar refractivity (Wildman–Crippen MR) is 180 cm³/mol. The van der Waals surface area contributed by atoms with Gasteiger partial charge in [-0.3, -0.25) is 0 Å². The van der Waals surface area contributed by atoms with Gasteiger partial charge in [0.2, 0.25) is 0 Å². The summed E-state index contributed by atoms with van der Waals surface area (Å²) in [6.07, 6.45) is 2.31. The fourth-order valence-electron chi connectivity index (χ4n) is 5.26. The van der Waals surface area contributed by atoms with Crippen molar-refractivity contribution in [1.82, 2.24) is 0 Å². The van der Waals surface area contributed by atoms with Crippen molar-refractivity contribution < 1.29 is 0 Å². The van der Waals surface area contributed by atoms with Crippen molar-refractivity contribution in [3.05, 3.63) is 172 Å². The van der Waals surface area contributed by atoms with Gasteiger partial charge in [0.05, 0.1) is 0 Å². The van der Waals surface area contributed by atoms with Crippen LogP contribution >= 0.6 is 15.9 Å². The van der Waals surface area contributed by atoms with Gasteiger partial charge in [-0.25, -0.2) is 0 Å². The minimum Gasteiger partial charge on any atom is -0.311 e. The van der Waals surface area contributed by atoms with Gasteiger partial charge >= 0.3 is 0 Å². The minimum absolute atomic E-state index is 0.498. The molecule has 0 saturated carbocycles. The first kappa shape index (κ1) is 26.8. The van der Waals surface area contributed by atoms with Crippen LogP contribution in [-0.4, -0.2) is 0 Å². The zero-order chi connectivity index (χ0) is 28.2. The summed E-state index contributed by atoms with van der Waals surface area (Å²) in [5.41, 5.74) is 9.52. The fraction of sp³-hybridized carbons (Fsp3) is 0.0769. The molecule has 6 aromatic carbocycles. The van der Waals surface area contributed by atoms with Gasteiger partial charge in [0.15, 0.2) is 0 Å². The van der Waals surface area contributed by atoms with Gasteiger partial charge in [-0.05, 0) is 105 Å². The molecule has 0 bridgehead atoms. The third kappa shape index (κ3) is 6.04. The Labute approximate surface area is 251 Å². The Morgan fingerprint density at radius 1 is 0.561 bits per heavy atom. The molecule has 0 aliphatic carbocycles. The SMILES string of the molecule is CC(C)c1ccc(/C(=C/c2ccc3cc(Br)ccc3c2)c2ccc(N(c3ccccc3)c3ccccc3)cc2)cc1. The van der Waals surface area contributed by atoms with Crippen LogP contribution in [0.15, 0.2) is 150 Å². The fourth-order valence-corrected chi connectivity index (χ4v) is 5.64. The molecule has 0 fully saturated rings. The molecular weight excluding hydrogens is 562 g/mol. The number of rotatable bonds is 7. The van der Waals surface area contributed by atoms with Crippen LogP contribution < -0.4 is 4.90 Å². The first-order chi connectivity index (χ1) is 20.0. The van der Waals surface area contributed by atoms with Crippen LogP contribution in [0, 0.1) is 0 Å². The van der Waals surface area contributed by atoms with Gasteiger partial charge in [0.1, 0.15) is 0 Å². The van der Waals surface area contributed by atoms with E-state index < -0.39 is 0 Å². The number of benzene rings is 6. The summed E-state index contributed by atoms with van der Waals surface area (Å²) in [4.78, 5) is 2.30. The third-order valence-corrected chi connectivity index (χ3v) is 7.98. The topological polar surface area (TPSA) is 3.24 Å². The molecule has 6 rings (SSSR count). The summed E-state index contributed by atoms with van der Waals surface area (Å²) in [6.45, 7) is 4.48. The van der Waals surface area contributed by atoms with E-state index >= 15 is 0 Å². The number of para-hydroxylation sites is 2. The van der Waals surface area contributed by atoms with E-state index in [1.807, 2.05) is 0 Å². The standard InChI is InChI=1S/C39H32BrN/c1-28(2)30-15-17-31(18-16-30)39(26-29-13-14-34-27-35(40)22-19-33(34)25-29)32-20-23-38(24-21-32)41(36-9-5-3-6-10-36)37-11-7-4-8-12-37/h3-28H,1-2H3/b39-26-. The highest BCUT2D eigenvalue weighted by Crippen LogP contribution is 2.36.